The Hall–Kier alpha value is -0.760. The van der Waals surface area contributed by atoms with Gasteiger partial charge in [-0.15, -0.1) is 0 Å². The van der Waals surface area contributed by atoms with Gasteiger partial charge in [-0.25, -0.2) is 0 Å². The van der Waals surface area contributed by atoms with E-state index >= 15 is 0 Å². The molecule has 0 unspecified atom stereocenters. The average Bonchev–Trinajstić information content (AvgIpc) is 1.87. The molecule has 0 aromatic carbocycles. The van der Waals surface area contributed by atoms with Crippen LogP contribution in [0.4, 0.5) is 0 Å². The normalized spacial score (nSPS) is 11.1. The Morgan fingerprint density at radius 1 is 1.36 bits per heavy atom. The van der Waals surface area contributed by atoms with E-state index in [1.54, 1.807) is 0 Å². The Morgan fingerprint density at radius 2 is 1.73 bits per heavy atom. The van der Waals surface area contributed by atoms with Gasteiger partial charge in [0.15, 0.2) is 6.42 Å². The van der Waals surface area contributed by atoms with Crippen molar-refractivity contribution >= 4 is 15.9 Å². The first-order chi connectivity index (χ1) is 4.95. The molecule has 8 heteroatoms. The SMILES string of the molecule is [NH3+]CCC(Br)([N+](=O)[O-])[N+](=O)[O-]. The van der Waals surface area contributed by atoms with E-state index in [4.69, 9.17) is 0 Å². The smallest absolute Gasteiger partial charge is 0.357 e. The standard InChI is InChI=1S/C3H6BrN3O4/c4-3(1-2-5,6(8)9)7(10)11/h1-2,5H2/p+1. The number of rotatable bonds is 4. The summed E-state index contributed by atoms with van der Waals surface area (Å²) in [4.78, 5) is 18.3. The zero-order chi connectivity index (χ0) is 9.07. The number of nitrogens with zero attached hydrogens (tertiary/aromatic N) is 2. The van der Waals surface area contributed by atoms with Crippen LogP contribution < -0.4 is 5.73 Å². The van der Waals surface area contributed by atoms with Crippen molar-refractivity contribution < 1.29 is 15.6 Å². The summed E-state index contributed by atoms with van der Waals surface area (Å²) in [5.41, 5.74) is 3.30. The van der Waals surface area contributed by atoms with Crippen LogP contribution in [-0.2, 0) is 0 Å². The molecule has 0 bridgehead atoms. The lowest BCUT2D eigenvalue weighted by Crippen LogP contribution is -2.55. The zero-order valence-corrected chi connectivity index (χ0v) is 7.11. The molecule has 3 N–H and O–H groups in total. The van der Waals surface area contributed by atoms with Gasteiger partial charge in [0.1, 0.15) is 9.85 Å². The molecule has 0 aromatic heterocycles. The van der Waals surface area contributed by atoms with Crippen molar-refractivity contribution in [1.82, 2.24) is 0 Å². The highest BCUT2D eigenvalue weighted by Gasteiger charge is 2.53. The lowest BCUT2D eigenvalue weighted by atomic mass is 10.3. The average molecular weight is 229 g/mol. The molecule has 0 heterocycles. The third kappa shape index (κ3) is 2.09. The van der Waals surface area contributed by atoms with Gasteiger partial charge in [-0.05, 0) is 0 Å². The van der Waals surface area contributed by atoms with E-state index in [9.17, 15) is 20.2 Å². The summed E-state index contributed by atoms with van der Waals surface area (Å²) in [5, 5.41) is 20.3. The van der Waals surface area contributed by atoms with Crippen molar-refractivity contribution in [3.8, 4) is 0 Å². The molecule has 0 saturated carbocycles. The molecule has 0 aliphatic carbocycles. The molecular formula is C3H7BrN3O4+. The van der Waals surface area contributed by atoms with Crippen LogP contribution >= 0.6 is 15.9 Å². The van der Waals surface area contributed by atoms with Crippen LogP contribution in [0.15, 0.2) is 0 Å². The highest BCUT2D eigenvalue weighted by atomic mass is 79.9. The van der Waals surface area contributed by atoms with Crippen LogP contribution in [0.3, 0.4) is 0 Å². The molecule has 0 aromatic rings. The van der Waals surface area contributed by atoms with Crippen molar-refractivity contribution in [3.05, 3.63) is 20.2 Å². The van der Waals surface area contributed by atoms with Crippen molar-refractivity contribution in [2.45, 2.75) is 11.0 Å². The van der Waals surface area contributed by atoms with E-state index < -0.39 is 14.4 Å². The third-order valence-corrected chi connectivity index (χ3v) is 2.03. The van der Waals surface area contributed by atoms with Crippen LogP contribution in [0.2, 0.25) is 0 Å². The summed E-state index contributed by atoms with van der Waals surface area (Å²) in [6.45, 7) is 0.132. The number of nitro groups is 2. The molecule has 0 rings (SSSR count). The second-order valence-corrected chi connectivity index (χ2v) is 3.11. The summed E-state index contributed by atoms with van der Waals surface area (Å²) in [5.74, 6) is 0. The lowest BCUT2D eigenvalue weighted by Gasteiger charge is -2.06. The van der Waals surface area contributed by atoms with Crippen LogP contribution in [0.5, 0.6) is 0 Å². The Morgan fingerprint density at radius 3 is 1.82 bits per heavy atom. The number of alkyl halides is 1. The maximum Gasteiger partial charge on any atom is 0.516 e. The van der Waals surface area contributed by atoms with Crippen LogP contribution in [0.25, 0.3) is 0 Å². The van der Waals surface area contributed by atoms with Crippen molar-refractivity contribution in [1.29, 1.82) is 0 Å². The largest absolute Gasteiger partial charge is 0.516 e. The topological polar surface area (TPSA) is 114 Å². The van der Waals surface area contributed by atoms with Gasteiger partial charge < -0.3 is 5.73 Å². The highest BCUT2D eigenvalue weighted by Crippen LogP contribution is 2.22. The number of hydrogen-bond acceptors (Lipinski definition) is 4. The Balaban J connectivity index is 4.52. The summed E-state index contributed by atoms with van der Waals surface area (Å²) in [6.07, 6.45) is -0.229. The summed E-state index contributed by atoms with van der Waals surface area (Å²) in [6, 6.07) is 0. The fourth-order valence-electron chi connectivity index (χ4n) is 0.474. The lowest BCUT2D eigenvalue weighted by molar-refractivity contribution is -0.761. The zero-order valence-electron chi connectivity index (χ0n) is 5.53. The minimum absolute atomic E-state index is 0.132. The molecule has 11 heavy (non-hydrogen) atoms. The summed E-state index contributed by atoms with van der Waals surface area (Å²) in [7, 11) is 0. The van der Waals surface area contributed by atoms with E-state index in [0.29, 0.717) is 0 Å². The second kappa shape index (κ2) is 3.58. The molecule has 64 valence electrons. The molecule has 0 fully saturated rings. The number of quaternary nitrogens is 1. The Kier molecular flexibility index (Phi) is 3.33. The molecule has 0 aliphatic heterocycles. The summed E-state index contributed by atoms with van der Waals surface area (Å²) >= 11 is 2.44. The first kappa shape index (κ1) is 10.2. The van der Waals surface area contributed by atoms with Crippen LogP contribution in [-0.4, -0.2) is 21.0 Å². The van der Waals surface area contributed by atoms with E-state index in [1.165, 1.54) is 0 Å². The molecular weight excluding hydrogens is 222 g/mol. The fourth-order valence-corrected chi connectivity index (χ4v) is 0.755. The Bertz CT molecular complexity index is 169. The van der Waals surface area contributed by atoms with E-state index in [2.05, 4.69) is 21.7 Å². The van der Waals surface area contributed by atoms with Crippen molar-refractivity contribution in [2.75, 3.05) is 6.54 Å². The molecule has 7 nitrogen and oxygen atoms in total. The van der Waals surface area contributed by atoms with Gasteiger partial charge in [0.05, 0.1) is 22.5 Å². The molecule has 0 atom stereocenters. The minimum Gasteiger partial charge on any atom is -0.357 e. The first-order valence-electron chi connectivity index (χ1n) is 2.72. The van der Waals surface area contributed by atoms with Crippen molar-refractivity contribution in [2.24, 2.45) is 0 Å². The van der Waals surface area contributed by atoms with E-state index in [1.807, 2.05) is 0 Å². The number of hydrogen-bond donors (Lipinski definition) is 1. The predicted molar refractivity (Wildman–Crippen MR) is 38.0 cm³/mol. The molecule has 0 saturated heterocycles. The maximum atomic E-state index is 10.1. The van der Waals surface area contributed by atoms with Gasteiger partial charge in [0, 0.05) is 0 Å². The van der Waals surface area contributed by atoms with Gasteiger partial charge >= 0.3 is 4.57 Å². The van der Waals surface area contributed by atoms with Gasteiger partial charge in [0.25, 0.3) is 0 Å². The molecule has 0 radical (unpaired) electrons. The molecule has 0 spiro atoms. The number of halogens is 1. The van der Waals surface area contributed by atoms with Gasteiger partial charge in [0.2, 0.25) is 0 Å². The van der Waals surface area contributed by atoms with Gasteiger partial charge in [-0.3, -0.25) is 20.2 Å². The highest BCUT2D eigenvalue weighted by molar-refractivity contribution is 9.09. The monoisotopic (exact) mass is 228 g/mol. The quantitative estimate of drug-likeness (QED) is 0.224. The van der Waals surface area contributed by atoms with E-state index in [0.717, 1.165) is 0 Å². The molecule has 0 amide bonds. The van der Waals surface area contributed by atoms with Gasteiger partial charge in [-0.2, -0.15) is 0 Å². The van der Waals surface area contributed by atoms with Crippen LogP contribution in [0.1, 0.15) is 6.42 Å². The Labute approximate surface area is 70.0 Å². The van der Waals surface area contributed by atoms with Gasteiger partial charge in [-0.1, -0.05) is 0 Å². The fraction of sp³-hybridized carbons (Fsp3) is 1.00. The summed E-state index contributed by atoms with van der Waals surface area (Å²) < 4.78 is -2.26. The first-order valence-corrected chi connectivity index (χ1v) is 3.51. The van der Waals surface area contributed by atoms with Crippen LogP contribution in [0, 0.1) is 20.2 Å². The third-order valence-electron chi connectivity index (χ3n) is 1.05. The van der Waals surface area contributed by atoms with E-state index in [-0.39, 0.29) is 13.0 Å². The maximum absolute atomic E-state index is 10.1. The second-order valence-electron chi connectivity index (χ2n) is 1.84. The molecule has 0 aliphatic rings. The van der Waals surface area contributed by atoms with Crippen molar-refractivity contribution in [3.63, 3.8) is 0 Å². The predicted octanol–water partition coefficient (Wildman–Crippen LogP) is -0.779. The minimum atomic E-state index is -2.26.